The number of nitrogens with one attached hydrogen (secondary N) is 1. The molecule has 0 bridgehead atoms. The Labute approximate surface area is 131 Å². The minimum atomic E-state index is -0.123. The number of nitrogens with zero attached hydrogens (tertiary/aromatic N) is 1. The highest BCUT2D eigenvalue weighted by molar-refractivity contribution is 9.10. The molecule has 0 unspecified atom stereocenters. The quantitative estimate of drug-likeness (QED) is 0.904. The monoisotopic (exact) mass is 346 g/mol. The molecule has 1 heterocycles. The van der Waals surface area contributed by atoms with Crippen LogP contribution in [0.15, 0.2) is 46.9 Å². The van der Waals surface area contributed by atoms with Crippen molar-refractivity contribution in [3.8, 4) is 5.75 Å². The zero-order valence-corrected chi connectivity index (χ0v) is 13.2. The molecule has 0 spiro atoms. The molecule has 0 atom stereocenters. The predicted octanol–water partition coefficient (Wildman–Crippen LogP) is 3.53. The van der Waals surface area contributed by atoms with E-state index in [-0.39, 0.29) is 5.91 Å². The Balaban J connectivity index is 1.80. The fraction of sp³-hybridized carbons (Fsp3) is 0.188. The van der Waals surface area contributed by atoms with Crippen molar-refractivity contribution in [3.63, 3.8) is 0 Å². The molecule has 1 aliphatic rings. The van der Waals surface area contributed by atoms with Crippen molar-refractivity contribution in [2.75, 3.05) is 30.4 Å². The number of halogens is 1. The number of rotatable bonds is 2. The molecule has 0 saturated heterocycles. The molecule has 108 valence electrons. The Hall–Kier alpha value is -2.01. The summed E-state index contributed by atoms with van der Waals surface area (Å²) in [6.07, 6.45) is 0. The number of carbonyl (C=O) groups is 1. The van der Waals surface area contributed by atoms with E-state index in [1.165, 1.54) is 0 Å². The van der Waals surface area contributed by atoms with Gasteiger partial charge < -0.3 is 15.0 Å². The standard InChI is InChI=1S/C16H15BrN2O2/c1-19-8-9-21-15-7-6-13(10-14(15)19)18-16(20)11-2-4-12(17)5-3-11/h2-7,10H,8-9H2,1H3,(H,18,20). The molecular weight excluding hydrogens is 332 g/mol. The minimum absolute atomic E-state index is 0.123. The Morgan fingerprint density at radius 1 is 1.24 bits per heavy atom. The number of hydrogen-bond donors (Lipinski definition) is 1. The largest absolute Gasteiger partial charge is 0.490 e. The number of carbonyl (C=O) groups excluding carboxylic acids is 1. The van der Waals surface area contributed by atoms with Gasteiger partial charge in [0.15, 0.2) is 0 Å². The van der Waals surface area contributed by atoms with Crippen LogP contribution in [0, 0.1) is 0 Å². The van der Waals surface area contributed by atoms with Gasteiger partial charge in [-0.3, -0.25) is 4.79 Å². The van der Waals surface area contributed by atoms with Crippen LogP contribution >= 0.6 is 15.9 Å². The fourth-order valence-corrected chi connectivity index (χ4v) is 2.50. The first-order valence-corrected chi connectivity index (χ1v) is 7.48. The van der Waals surface area contributed by atoms with Gasteiger partial charge in [-0.2, -0.15) is 0 Å². The number of ether oxygens (including phenoxy) is 1. The van der Waals surface area contributed by atoms with Gasteiger partial charge in [0, 0.05) is 22.8 Å². The smallest absolute Gasteiger partial charge is 0.255 e. The van der Waals surface area contributed by atoms with Crippen LogP contribution in [0.25, 0.3) is 0 Å². The van der Waals surface area contributed by atoms with Gasteiger partial charge in [0.05, 0.1) is 12.2 Å². The average molecular weight is 347 g/mol. The molecule has 5 heteroatoms. The third kappa shape index (κ3) is 3.03. The van der Waals surface area contributed by atoms with Crippen LogP contribution in [0.3, 0.4) is 0 Å². The van der Waals surface area contributed by atoms with Gasteiger partial charge in [0.25, 0.3) is 5.91 Å². The second kappa shape index (κ2) is 5.77. The first kappa shape index (κ1) is 13.9. The van der Waals surface area contributed by atoms with E-state index in [2.05, 4.69) is 26.1 Å². The summed E-state index contributed by atoms with van der Waals surface area (Å²) in [7, 11) is 2.02. The molecular formula is C16H15BrN2O2. The topological polar surface area (TPSA) is 41.6 Å². The first-order valence-electron chi connectivity index (χ1n) is 6.68. The third-order valence-electron chi connectivity index (χ3n) is 3.42. The molecule has 0 saturated carbocycles. The van der Waals surface area contributed by atoms with Gasteiger partial charge in [0.1, 0.15) is 12.4 Å². The molecule has 0 aliphatic carbocycles. The lowest BCUT2D eigenvalue weighted by molar-refractivity contribution is 0.102. The Morgan fingerprint density at radius 3 is 2.76 bits per heavy atom. The van der Waals surface area contributed by atoms with Crippen LogP contribution in [-0.2, 0) is 0 Å². The maximum absolute atomic E-state index is 12.2. The normalized spacial score (nSPS) is 13.3. The van der Waals surface area contributed by atoms with Gasteiger partial charge in [-0.05, 0) is 42.5 Å². The van der Waals surface area contributed by atoms with Gasteiger partial charge in [0.2, 0.25) is 0 Å². The molecule has 21 heavy (non-hydrogen) atoms. The van der Waals surface area contributed by atoms with Gasteiger partial charge >= 0.3 is 0 Å². The van der Waals surface area contributed by atoms with Crippen LogP contribution in [0.5, 0.6) is 5.75 Å². The maximum Gasteiger partial charge on any atom is 0.255 e. The third-order valence-corrected chi connectivity index (χ3v) is 3.95. The first-order chi connectivity index (χ1) is 10.1. The summed E-state index contributed by atoms with van der Waals surface area (Å²) >= 11 is 3.36. The number of likely N-dealkylation sites (N-methyl/N-ethyl adjacent to an activating group) is 1. The van der Waals surface area contributed by atoms with Crippen molar-refractivity contribution in [1.29, 1.82) is 0 Å². The molecule has 1 N–H and O–H groups in total. The minimum Gasteiger partial charge on any atom is -0.490 e. The average Bonchev–Trinajstić information content (AvgIpc) is 2.49. The summed E-state index contributed by atoms with van der Waals surface area (Å²) in [6, 6.07) is 13.0. The number of hydrogen-bond acceptors (Lipinski definition) is 3. The molecule has 0 fully saturated rings. The maximum atomic E-state index is 12.2. The fourth-order valence-electron chi connectivity index (χ4n) is 2.23. The number of benzene rings is 2. The van der Waals surface area contributed by atoms with Crippen LogP contribution in [0.4, 0.5) is 11.4 Å². The van der Waals surface area contributed by atoms with E-state index in [4.69, 9.17) is 4.74 Å². The van der Waals surface area contributed by atoms with E-state index in [0.717, 1.165) is 28.1 Å². The van der Waals surface area contributed by atoms with Gasteiger partial charge in [-0.25, -0.2) is 0 Å². The number of anilines is 2. The van der Waals surface area contributed by atoms with Crippen molar-refractivity contribution >= 4 is 33.2 Å². The molecule has 1 aliphatic heterocycles. The van der Waals surface area contributed by atoms with Gasteiger partial charge in [-0.15, -0.1) is 0 Å². The summed E-state index contributed by atoms with van der Waals surface area (Å²) in [5.41, 5.74) is 2.38. The van der Waals surface area contributed by atoms with Crippen LogP contribution in [0.1, 0.15) is 10.4 Å². The van der Waals surface area contributed by atoms with Crippen LogP contribution in [0.2, 0.25) is 0 Å². The van der Waals surface area contributed by atoms with E-state index in [9.17, 15) is 4.79 Å². The molecule has 0 radical (unpaired) electrons. The second-order valence-electron chi connectivity index (χ2n) is 4.91. The van der Waals surface area contributed by atoms with E-state index in [0.29, 0.717) is 12.2 Å². The number of amides is 1. The van der Waals surface area contributed by atoms with Crippen molar-refractivity contribution in [2.24, 2.45) is 0 Å². The van der Waals surface area contributed by atoms with Crippen molar-refractivity contribution in [1.82, 2.24) is 0 Å². The van der Waals surface area contributed by atoms with Crippen molar-refractivity contribution in [2.45, 2.75) is 0 Å². The SMILES string of the molecule is CN1CCOc2ccc(NC(=O)c3ccc(Br)cc3)cc21. The van der Waals surface area contributed by atoms with E-state index >= 15 is 0 Å². The zero-order chi connectivity index (χ0) is 14.8. The Morgan fingerprint density at radius 2 is 2.00 bits per heavy atom. The molecule has 0 aromatic heterocycles. The highest BCUT2D eigenvalue weighted by Gasteiger charge is 2.16. The highest BCUT2D eigenvalue weighted by atomic mass is 79.9. The summed E-state index contributed by atoms with van der Waals surface area (Å²) in [4.78, 5) is 14.3. The molecule has 4 nitrogen and oxygen atoms in total. The summed E-state index contributed by atoms with van der Waals surface area (Å²) < 4.78 is 6.54. The Bertz CT molecular complexity index is 670. The number of fused-ring (bicyclic) bond motifs is 1. The van der Waals surface area contributed by atoms with Crippen molar-refractivity contribution in [3.05, 3.63) is 52.5 Å². The van der Waals surface area contributed by atoms with E-state index < -0.39 is 0 Å². The summed E-state index contributed by atoms with van der Waals surface area (Å²) in [5, 5.41) is 2.91. The van der Waals surface area contributed by atoms with Crippen molar-refractivity contribution < 1.29 is 9.53 Å². The molecule has 2 aromatic carbocycles. The lowest BCUT2D eigenvalue weighted by Crippen LogP contribution is -2.28. The zero-order valence-electron chi connectivity index (χ0n) is 11.6. The predicted molar refractivity (Wildman–Crippen MR) is 87.3 cm³/mol. The summed E-state index contributed by atoms with van der Waals surface area (Å²) in [6.45, 7) is 1.53. The van der Waals surface area contributed by atoms with Crippen LogP contribution in [-0.4, -0.2) is 26.1 Å². The lowest BCUT2D eigenvalue weighted by Gasteiger charge is -2.28. The van der Waals surface area contributed by atoms with E-state index in [1.54, 1.807) is 12.1 Å². The van der Waals surface area contributed by atoms with Gasteiger partial charge in [-0.1, -0.05) is 15.9 Å². The summed E-state index contributed by atoms with van der Waals surface area (Å²) in [5.74, 6) is 0.729. The van der Waals surface area contributed by atoms with E-state index in [1.807, 2.05) is 37.4 Å². The highest BCUT2D eigenvalue weighted by Crippen LogP contribution is 2.33. The van der Waals surface area contributed by atoms with Crippen LogP contribution < -0.4 is 15.0 Å². The molecule has 1 amide bonds. The molecule has 2 aromatic rings. The Kier molecular flexibility index (Phi) is 3.84. The lowest BCUT2D eigenvalue weighted by atomic mass is 10.2. The second-order valence-corrected chi connectivity index (χ2v) is 5.83. The molecule has 3 rings (SSSR count).